The number of thioether (sulfide) groups is 1. The average molecular weight is 251 g/mol. The van der Waals surface area contributed by atoms with E-state index in [0.29, 0.717) is 4.91 Å². The van der Waals surface area contributed by atoms with Crippen molar-refractivity contribution in [3.8, 4) is 0 Å². The van der Waals surface area contributed by atoms with Crippen molar-refractivity contribution in [1.29, 1.82) is 0 Å². The molecule has 0 aliphatic carbocycles. The van der Waals surface area contributed by atoms with E-state index in [9.17, 15) is 19.8 Å². The summed E-state index contributed by atoms with van der Waals surface area (Å²) in [5, 5.41) is 19.9. The van der Waals surface area contributed by atoms with Gasteiger partial charge in [0.15, 0.2) is 0 Å². The molecular formula is C9H10NNaO4S. The van der Waals surface area contributed by atoms with Gasteiger partial charge in [0.1, 0.15) is 5.37 Å². The van der Waals surface area contributed by atoms with Gasteiger partial charge in [0.2, 0.25) is 5.91 Å². The molecule has 1 saturated heterocycles. The van der Waals surface area contributed by atoms with Gasteiger partial charge >= 0.3 is 29.6 Å². The SMILES string of the molecule is CC1=C(C(=O)[O-])N2C(=O)[C@H](C(C)O)[C@H]2S1.[Na+]. The summed E-state index contributed by atoms with van der Waals surface area (Å²) in [5.74, 6) is -2.17. The zero-order chi connectivity index (χ0) is 11.3. The molecule has 3 atom stereocenters. The number of allylic oxidation sites excluding steroid dienone is 1. The van der Waals surface area contributed by atoms with Crippen LogP contribution in [0.4, 0.5) is 0 Å². The van der Waals surface area contributed by atoms with Crippen molar-refractivity contribution >= 4 is 23.6 Å². The summed E-state index contributed by atoms with van der Waals surface area (Å²) in [5.41, 5.74) is -0.0492. The number of aliphatic carboxylic acids is 1. The van der Waals surface area contributed by atoms with Crippen molar-refractivity contribution in [3.63, 3.8) is 0 Å². The molecule has 0 aromatic carbocycles. The Kier molecular flexibility index (Phi) is 4.13. The van der Waals surface area contributed by atoms with Crippen molar-refractivity contribution < 1.29 is 49.4 Å². The molecule has 5 nitrogen and oxygen atoms in total. The second-order valence-electron chi connectivity index (χ2n) is 3.68. The number of fused-ring (bicyclic) bond motifs is 1. The maximum atomic E-state index is 11.6. The van der Waals surface area contributed by atoms with Crippen LogP contribution in [0.25, 0.3) is 0 Å². The number of aliphatic hydroxyl groups excluding tert-OH is 1. The van der Waals surface area contributed by atoms with Gasteiger partial charge in [-0.05, 0) is 13.8 Å². The number of β-lactam (4-membered cyclic amide) rings is 1. The minimum absolute atomic E-state index is 0. The molecule has 0 saturated carbocycles. The van der Waals surface area contributed by atoms with Crippen LogP contribution in [0.5, 0.6) is 0 Å². The molecule has 0 bridgehead atoms. The molecule has 2 heterocycles. The van der Waals surface area contributed by atoms with Crippen LogP contribution in [0.15, 0.2) is 10.6 Å². The summed E-state index contributed by atoms with van der Waals surface area (Å²) in [4.78, 5) is 24.1. The van der Waals surface area contributed by atoms with Crippen LogP contribution in [0, 0.1) is 5.92 Å². The second-order valence-corrected chi connectivity index (χ2v) is 5.01. The Morgan fingerprint density at radius 2 is 2.19 bits per heavy atom. The van der Waals surface area contributed by atoms with Crippen LogP contribution >= 0.6 is 11.8 Å². The Labute approximate surface area is 119 Å². The fourth-order valence-electron chi connectivity index (χ4n) is 1.94. The first-order valence-corrected chi connectivity index (χ1v) is 5.43. The van der Waals surface area contributed by atoms with E-state index in [2.05, 4.69) is 0 Å². The van der Waals surface area contributed by atoms with Gasteiger partial charge in [-0.25, -0.2) is 0 Å². The number of hydrogen-bond donors (Lipinski definition) is 1. The molecule has 7 heteroatoms. The number of hydrogen-bond acceptors (Lipinski definition) is 5. The molecule has 2 aliphatic heterocycles. The van der Waals surface area contributed by atoms with Gasteiger partial charge in [0, 0.05) is 4.91 Å². The minimum Gasteiger partial charge on any atom is -0.543 e. The molecule has 1 unspecified atom stereocenters. The Balaban J connectivity index is 0.00000128. The molecule has 0 aromatic rings. The normalized spacial score (nSPS) is 29.4. The number of aliphatic hydroxyl groups is 1. The summed E-state index contributed by atoms with van der Waals surface area (Å²) < 4.78 is 0. The zero-order valence-corrected chi connectivity index (χ0v) is 12.1. The first-order chi connectivity index (χ1) is 6.95. The Morgan fingerprint density at radius 1 is 1.62 bits per heavy atom. The monoisotopic (exact) mass is 251 g/mol. The smallest absolute Gasteiger partial charge is 0.543 e. The predicted molar refractivity (Wildman–Crippen MR) is 51.1 cm³/mol. The molecule has 2 rings (SSSR count). The van der Waals surface area contributed by atoms with Crippen LogP contribution in [0.1, 0.15) is 13.8 Å². The number of carbonyl (C=O) groups excluding carboxylic acids is 2. The maximum absolute atomic E-state index is 11.6. The number of rotatable bonds is 2. The molecule has 16 heavy (non-hydrogen) atoms. The quantitative estimate of drug-likeness (QED) is 0.398. The maximum Gasteiger partial charge on any atom is 1.00 e. The molecule has 1 amide bonds. The number of nitrogens with zero attached hydrogens (tertiary/aromatic N) is 1. The van der Waals surface area contributed by atoms with Gasteiger partial charge in [0.05, 0.1) is 23.7 Å². The fourth-order valence-corrected chi connectivity index (χ4v) is 3.40. The Hall–Kier alpha value is -0.0100. The third-order valence-electron chi connectivity index (χ3n) is 2.67. The largest absolute Gasteiger partial charge is 1.00 e. The topological polar surface area (TPSA) is 80.7 Å². The third kappa shape index (κ3) is 1.82. The van der Waals surface area contributed by atoms with E-state index < -0.39 is 18.0 Å². The Morgan fingerprint density at radius 3 is 2.62 bits per heavy atom. The van der Waals surface area contributed by atoms with Crippen molar-refractivity contribution in [1.82, 2.24) is 4.90 Å². The molecule has 0 aromatic heterocycles. The van der Waals surface area contributed by atoms with Crippen LogP contribution in [-0.2, 0) is 9.59 Å². The molecule has 1 N–H and O–H groups in total. The van der Waals surface area contributed by atoms with Crippen LogP contribution < -0.4 is 34.7 Å². The van der Waals surface area contributed by atoms with E-state index in [1.807, 2.05) is 0 Å². The van der Waals surface area contributed by atoms with E-state index in [1.165, 1.54) is 23.6 Å². The second kappa shape index (κ2) is 4.70. The molecule has 0 spiro atoms. The van der Waals surface area contributed by atoms with Crippen molar-refractivity contribution in [2.24, 2.45) is 5.92 Å². The van der Waals surface area contributed by atoms with Gasteiger partial charge < -0.3 is 15.0 Å². The summed E-state index contributed by atoms with van der Waals surface area (Å²) in [6, 6.07) is 0. The first kappa shape index (κ1) is 14.1. The van der Waals surface area contributed by atoms with Crippen LogP contribution in [0.3, 0.4) is 0 Å². The number of carboxylic acids is 1. The number of amides is 1. The third-order valence-corrected chi connectivity index (χ3v) is 3.96. The molecule has 0 radical (unpaired) electrons. The van der Waals surface area contributed by atoms with Crippen LogP contribution in [0.2, 0.25) is 0 Å². The van der Waals surface area contributed by atoms with Crippen molar-refractivity contribution in [2.45, 2.75) is 25.3 Å². The zero-order valence-electron chi connectivity index (χ0n) is 9.26. The summed E-state index contributed by atoms with van der Waals surface area (Å²) >= 11 is 1.30. The standard InChI is InChI=1S/C9H11NO4S.Na/c1-3(11)5-7(12)10-6(9(13)14)4(2)15-8(5)10;/h3,5,8,11H,1-2H3,(H,13,14);/q;+1/p-1/t3?,5-,8+;/m0./s1. The van der Waals surface area contributed by atoms with Gasteiger partial charge in [-0.2, -0.15) is 0 Å². The van der Waals surface area contributed by atoms with E-state index in [0.717, 1.165) is 0 Å². The van der Waals surface area contributed by atoms with Crippen molar-refractivity contribution in [3.05, 3.63) is 10.6 Å². The van der Waals surface area contributed by atoms with Gasteiger partial charge in [-0.1, -0.05) is 0 Å². The molecule has 1 fully saturated rings. The van der Waals surface area contributed by atoms with E-state index in [1.54, 1.807) is 6.92 Å². The minimum atomic E-state index is -1.33. The first-order valence-electron chi connectivity index (χ1n) is 4.55. The molecule has 82 valence electrons. The summed E-state index contributed by atoms with van der Waals surface area (Å²) in [7, 11) is 0. The predicted octanol–water partition coefficient (Wildman–Crippen LogP) is -4.12. The number of carbonyl (C=O) groups is 2. The number of carboxylic acid groups (broad SMARTS) is 1. The van der Waals surface area contributed by atoms with E-state index in [-0.39, 0.29) is 46.5 Å². The summed E-state index contributed by atoms with van der Waals surface area (Å²) in [6.45, 7) is 3.17. The van der Waals surface area contributed by atoms with Gasteiger partial charge in [0.25, 0.3) is 0 Å². The average Bonchev–Trinajstić information content (AvgIpc) is 2.38. The van der Waals surface area contributed by atoms with E-state index >= 15 is 0 Å². The van der Waals surface area contributed by atoms with E-state index in [4.69, 9.17) is 0 Å². The van der Waals surface area contributed by atoms with Crippen LogP contribution in [-0.4, -0.2) is 33.4 Å². The molecule has 2 aliphatic rings. The molecular weight excluding hydrogens is 241 g/mol. The van der Waals surface area contributed by atoms with Gasteiger partial charge in [-0.15, -0.1) is 11.8 Å². The van der Waals surface area contributed by atoms with Gasteiger partial charge in [-0.3, -0.25) is 9.69 Å². The van der Waals surface area contributed by atoms with Crippen molar-refractivity contribution in [2.75, 3.05) is 0 Å². The fraction of sp³-hybridized carbons (Fsp3) is 0.556. The Bertz CT molecular complexity index is 382. The summed E-state index contributed by atoms with van der Waals surface area (Å²) in [6.07, 6.45) is -0.750.